The van der Waals surface area contributed by atoms with Gasteiger partial charge >= 0.3 is 5.69 Å². The van der Waals surface area contributed by atoms with Crippen LogP contribution in [0.3, 0.4) is 0 Å². The Morgan fingerprint density at radius 3 is 2.96 bits per heavy atom. The molecular weight excluding hydrogens is 312 g/mol. The van der Waals surface area contributed by atoms with Gasteiger partial charge in [0.05, 0.1) is 16.0 Å². The lowest BCUT2D eigenvalue weighted by Gasteiger charge is -2.11. The van der Waals surface area contributed by atoms with E-state index in [1.165, 1.54) is 10.9 Å². The van der Waals surface area contributed by atoms with Gasteiger partial charge in [0.15, 0.2) is 0 Å². The highest BCUT2D eigenvalue weighted by Gasteiger charge is 2.18. The van der Waals surface area contributed by atoms with Gasteiger partial charge in [0.1, 0.15) is 24.3 Å². The van der Waals surface area contributed by atoms with E-state index in [4.69, 9.17) is 0 Å². The first-order valence-corrected chi connectivity index (χ1v) is 7.44. The van der Waals surface area contributed by atoms with Gasteiger partial charge in [-0.15, -0.1) is 0 Å². The molecule has 124 valence electrons. The summed E-state index contributed by atoms with van der Waals surface area (Å²) in [5, 5.41) is 17.3. The van der Waals surface area contributed by atoms with Crippen LogP contribution in [0, 0.1) is 10.1 Å². The minimum absolute atomic E-state index is 0.142. The summed E-state index contributed by atoms with van der Waals surface area (Å²) in [6.45, 7) is 2.04. The molecule has 2 heterocycles. The van der Waals surface area contributed by atoms with E-state index in [1.54, 1.807) is 6.92 Å². The van der Waals surface area contributed by atoms with Crippen LogP contribution in [0.1, 0.15) is 18.8 Å². The van der Waals surface area contributed by atoms with Crippen molar-refractivity contribution in [2.24, 2.45) is 0 Å². The van der Waals surface area contributed by atoms with Crippen LogP contribution in [-0.2, 0) is 11.2 Å². The maximum atomic E-state index is 12.1. The van der Waals surface area contributed by atoms with Crippen LogP contribution in [-0.4, -0.2) is 37.1 Å². The Kier molecular flexibility index (Phi) is 4.23. The Hall–Kier alpha value is -3.23. The minimum atomic E-state index is -0.630. The number of H-pyrrole nitrogens is 1. The molecular formula is C15H16N6O3. The average Bonchev–Trinajstić information content (AvgIpc) is 3.20. The molecule has 0 saturated heterocycles. The molecule has 0 bridgehead atoms. The predicted octanol–water partition coefficient (Wildman–Crippen LogP) is 1.59. The van der Waals surface area contributed by atoms with Crippen LogP contribution in [0.2, 0.25) is 0 Å². The summed E-state index contributed by atoms with van der Waals surface area (Å²) < 4.78 is 1.27. The first-order valence-electron chi connectivity index (χ1n) is 7.44. The lowest BCUT2D eigenvalue weighted by Crippen LogP contribution is -2.32. The highest BCUT2D eigenvalue weighted by atomic mass is 16.6. The van der Waals surface area contributed by atoms with Crippen molar-refractivity contribution in [1.29, 1.82) is 0 Å². The molecule has 0 fully saturated rings. The van der Waals surface area contributed by atoms with E-state index in [-0.39, 0.29) is 11.6 Å². The van der Waals surface area contributed by atoms with Crippen molar-refractivity contribution in [3.05, 3.63) is 52.6 Å². The van der Waals surface area contributed by atoms with Crippen LogP contribution in [0.15, 0.2) is 36.7 Å². The lowest BCUT2D eigenvalue weighted by molar-refractivity contribution is -0.385. The zero-order chi connectivity index (χ0) is 17.1. The summed E-state index contributed by atoms with van der Waals surface area (Å²) in [4.78, 5) is 29.8. The quantitative estimate of drug-likeness (QED) is 0.526. The molecule has 2 N–H and O–H groups in total. The van der Waals surface area contributed by atoms with E-state index in [9.17, 15) is 14.9 Å². The first-order chi connectivity index (χ1) is 11.5. The largest absolute Gasteiger partial charge is 0.354 e. The number of carbonyl (C=O) groups is 1. The van der Waals surface area contributed by atoms with E-state index in [0.29, 0.717) is 13.0 Å². The van der Waals surface area contributed by atoms with Gasteiger partial charge in [0.25, 0.3) is 0 Å². The highest BCUT2D eigenvalue weighted by molar-refractivity contribution is 5.79. The summed E-state index contributed by atoms with van der Waals surface area (Å²) in [7, 11) is 0. The third kappa shape index (κ3) is 3.24. The van der Waals surface area contributed by atoms with Crippen LogP contribution in [0.5, 0.6) is 0 Å². The number of nitro groups is 1. The molecule has 0 unspecified atom stereocenters. The Morgan fingerprint density at radius 1 is 1.46 bits per heavy atom. The van der Waals surface area contributed by atoms with Gasteiger partial charge in [0, 0.05) is 13.0 Å². The van der Waals surface area contributed by atoms with Crippen molar-refractivity contribution in [2.45, 2.75) is 19.4 Å². The zero-order valence-corrected chi connectivity index (χ0v) is 13.0. The molecule has 0 aliphatic rings. The molecule has 0 aliphatic carbocycles. The maximum Gasteiger partial charge on any atom is 0.307 e. The summed E-state index contributed by atoms with van der Waals surface area (Å²) in [6, 6.07) is 7.07. The summed E-state index contributed by atoms with van der Waals surface area (Å²) in [6.07, 6.45) is 2.92. The van der Waals surface area contributed by atoms with Crippen LogP contribution in [0.4, 0.5) is 5.69 Å². The number of hydrogen-bond acceptors (Lipinski definition) is 5. The number of rotatable bonds is 6. The molecule has 1 aromatic carbocycles. The fourth-order valence-electron chi connectivity index (χ4n) is 2.33. The fraction of sp³-hybridized carbons (Fsp3) is 0.267. The molecule has 9 nitrogen and oxygen atoms in total. The summed E-state index contributed by atoms with van der Waals surface area (Å²) >= 11 is 0. The number of amides is 1. The van der Waals surface area contributed by atoms with Crippen LogP contribution in [0.25, 0.3) is 11.0 Å². The van der Waals surface area contributed by atoms with Gasteiger partial charge in [-0.05, 0) is 19.1 Å². The molecule has 0 radical (unpaired) electrons. The minimum Gasteiger partial charge on any atom is -0.354 e. The molecule has 0 saturated carbocycles. The topological polar surface area (TPSA) is 119 Å². The molecule has 0 aliphatic heterocycles. The van der Waals surface area contributed by atoms with E-state index in [1.807, 2.05) is 24.3 Å². The van der Waals surface area contributed by atoms with E-state index >= 15 is 0 Å². The number of aromatic amines is 1. The monoisotopic (exact) mass is 328 g/mol. The van der Waals surface area contributed by atoms with Gasteiger partial charge in [0.2, 0.25) is 5.91 Å². The SMILES string of the molecule is C[C@@H](C(=O)NCCc1nc2ccccc2[nH]1)n1cc([N+](=O)[O-])cn1. The second-order valence-electron chi connectivity index (χ2n) is 5.35. The molecule has 3 rings (SSSR count). The number of hydrogen-bond donors (Lipinski definition) is 2. The molecule has 2 aromatic heterocycles. The van der Waals surface area contributed by atoms with Crippen LogP contribution >= 0.6 is 0 Å². The van der Waals surface area contributed by atoms with Crippen LogP contribution < -0.4 is 5.32 Å². The molecule has 1 amide bonds. The predicted molar refractivity (Wildman–Crippen MR) is 86.4 cm³/mol. The number of para-hydroxylation sites is 2. The van der Waals surface area contributed by atoms with Crippen molar-refractivity contribution in [3.8, 4) is 0 Å². The number of imidazole rings is 1. The van der Waals surface area contributed by atoms with E-state index < -0.39 is 11.0 Å². The van der Waals surface area contributed by atoms with Crippen molar-refractivity contribution in [3.63, 3.8) is 0 Å². The first kappa shape index (κ1) is 15.7. The lowest BCUT2D eigenvalue weighted by atomic mass is 10.3. The van der Waals surface area contributed by atoms with Crippen molar-refractivity contribution in [2.75, 3.05) is 6.54 Å². The van der Waals surface area contributed by atoms with E-state index in [0.717, 1.165) is 23.1 Å². The standard InChI is InChI=1S/C15H16N6O3/c1-10(20-9-11(8-17-20)21(23)24)15(22)16-7-6-14-18-12-4-2-3-5-13(12)19-14/h2-5,8-10H,6-7H2,1H3,(H,16,22)(H,18,19)/t10-/m0/s1. The normalized spacial score (nSPS) is 12.2. The molecule has 3 aromatic rings. The number of nitrogens with zero attached hydrogens (tertiary/aromatic N) is 4. The Bertz CT molecular complexity index is 851. The molecule has 9 heteroatoms. The third-order valence-corrected chi connectivity index (χ3v) is 3.67. The van der Waals surface area contributed by atoms with Crippen molar-refractivity contribution in [1.82, 2.24) is 25.1 Å². The molecule has 0 spiro atoms. The van der Waals surface area contributed by atoms with Gasteiger partial charge in [-0.2, -0.15) is 5.10 Å². The van der Waals surface area contributed by atoms with Gasteiger partial charge in [-0.1, -0.05) is 12.1 Å². The van der Waals surface area contributed by atoms with Crippen molar-refractivity contribution < 1.29 is 9.72 Å². The Labute approximate surface area is 136 Å². The zero-order valence-electron chi connectivity index (χ0n) is 13.0. The van der Waals surface area contributed by atoms with Gasteiger partial charge in [-0.25, -0.2) is 4.98 Å². The van der Waals surface area contributed by atoms with Gasteiger partial charge < -0.3 is 10.3 Å². The van der Waals surface area contributed by atoms with Crippen molar-refractivity contribution >= 4 is 22.6 Å². The number of aromatic nitrogens is 4. The summed E-state index contributed by atoms with van der Waals surface area (Å²) in [5.74, 6) is 0.531. The molecule has 1 atom stereocenters. The fourth-order valence-corrected chi connectivity index (χ4v) is 2.33. The number of benzene rings is 1. The number of fused-ring (bicyclic) bond motifs is 1. The average molecular weight is 328 g/mol. The Balaban J connectivity index is 1.55. The third-order valence-electron chi connectivity index (χ3n) is 3.67. The highest BCUT2D eigenvalue weighted by Crippen LogP contribution is 2.13. The van der Waals surface area contributed by atoms with Gasteiger partial charge in [-0.3, -0.25) is 19.6 Å². The number of carbonyl (C=O) groups excluding carboxylic acids is 1. The second-order valence-corrected chi connectivity index (χ2v) is 5.35. The smallest absolute Gasteiger partial charge is 0.307 e. The molecule has 24 heavy (non-hydrogen) atoms. The van der Waals surface area contributed by atoms with E-state index in [2.05, 4.69) is 20.4 Å². The Morgan fingerprint density at radius 2 is 2.25 bits per heavy atom. The second kappa shape index (κ2) is 6.49. The summed E-state index contributed by atoms with van der Waals surface area (Å²) in [5.41, 5.74) is 1.70. The maximum absolute atomic E-state index is 12.1. The number of nitrogens with one attached hydrogen (secondary N) is 2.